The van der Waals surface area contributed by atoms with Gasteiger partial charge in [-0.05, 0) is 17.9 Å². The molecule has 1 heterocycles. The van der Waals surface area contributed by atoms with Crippen molar-refractivity contribution >= 4 is 18.5 Å². The number of carbonyl (C=O) groups excluding carboxylic acids is 1. The number of amides is 1. The largest absolute Gasteiger partial charge is 0.356 e. The number of rotatable bonds is 5. The van der Waals surface area contributed by atoms with Gasteiger partial charge in [-0.3, -0.25) is 9.78 Å². The number of pyridine rings is 1. The molecule has 0 spiro atoms. The van der Waals surface area contributed by atoms with Crippen molar-refractivity contribution in [3.8, 4) is 0 Å². The Kier molecular flexibility index (Phi) is 5.07. The van der Waals surface area contributed by atoms with Crippen LogP contribution in [0.5, 0.6) is 0 Å². The Hall–Kier alpha value is -1.03. The van der Waals surface area contributed by atoms with Crippen molar-refractivity contribution in [1.29, 1.82) is 0 Å². The van der Waals surface area contributed by atoms with Crippen molar-refractivity contribution in [2.75, 3.05) is 12.3 Å². The van der Waals surface area contributed by atoms with Crippen LogP contribution in [0.1, 0.15) is 12.1 Å². The van der Waals surface area contributed by atoms with E-state index in [4.69, 9.17) is 0 Å². The van der Waals surface area contributed by atoms with Gasteiger partial charge in [-0.2, -0.15) is 12.6 Å². The number of hydrogen-bond acceptors (Lipinski definition) is 3. The Balaban J connectivity index is 2.19. The van der Waals surface area contributed by atoms with Crippen LogP contribution in [-0.4, -0.2) is 23.2 Å². The molecular formula is C10H14N2OS. The molecule has 0 bridgehead atoms. The van der Waals surface area contributed by atoms with Crippen LogP contribution in [-0.2, 0) is 11.2 Å². The molecule has 14 heavy (non-hydrogen) atoms. The monoisotopic (exact) mass is 210 g/mol. The van der Waals surface area contributed by atoms with Crippen molar-refractivity contribution in [1.82, 2.24) is 10.3 Å². The molecular weight excluding hydrogens is 196 g/mol. The molecule has 0 saturated carbocycles. The predicted molar refractivity (Wildman–Crippen MR) is 59.4 cm³/mol. The second-order valence-corrected chi connectivity index (χ2v) is 3.34. The number of nitrogens with one attached hydrogen (secondary N) is 1. The van der Waals surface area contributed by atoms with Crippen LogP contribution < -0.4 is 5.32 Å². The van der Waals surface area contributed by atoms with Gasteiger partial charge in [-0.25, -0.2) is 0 Å². The van der Waals surface area contributed by atoms with Gasteiger partial charge in [0.2, 0.25) is 5.91 Å². The Morgan fingerprint density at radius 2 is 2.36 bits per heavy atom. The van der Waals surface area contributed by atoms with Gasteiger partial charge in [-0.15, -0.1) is 0 Å². The summed E-state index contributed by atoms with van der Waals surface area (Å²) < 4.78 is 0. The highest BCUT2D eigenvalue weighted by Gasteiger charge is 1.98. The average molecular weight is 210 g/mol. The van der Waals surface area contributed by atoms with E-state index >= 15 is 0 Å². The molecule has 1 rings (SSSR count). The molecule has 0 saturated heterocycles. The Labute approximate surface area is 89.3 Å². The van der Waals surface area contributed by atoms with Crippen molar-refractivity contribution in [3.63, 3.8) is 0 Å². The summed E-state index contributed by atoms with van der Waals surface area (Å²) in [5.41, 5.74) is 0.999. The third-order valence-electron chi connectivity index (χ3n) is 1.77. The zero-order chi connectivity index (χ0) is 10.2. The maximum Gasteiger partial charge on any atom is 0.220 e. The highest BCUT2D eigenvalue weighted by Crippen LogP contribution is 1.93. The van der Waals surface area contributed by atoms with Crippen molar-refractivity contribution < 1.29 is 4.79 Å². The summed E-state index contributed by atoms with van der Waals surface area (Å²) >= 11 is 3.98. The molecule has 0 radical (unpaired) electrons. The van der Waals surface area contributed by atoms with Crippen LogP contribution in [0, 0.1) is 0 Å². The average Bonchev–Trinajstić information content (AvgIpc) is 2.20. The third kappa shape index (κ3) is 4.28. The van der Waals surface area contributed by atoms with Gasteiger partial charge < -0.3 is 5.32 Å². The molecule has 1 aromatic heterocycles. The van der Waals surface area contributed by atoms with E-state index < -0.39 is 0 Å². The lowest BCUT2D eigenvalue weighted by Crippen LogP contribution is -2.25. The first-order valence-electron chi connectivity index (χ1n) is 4.60. The standard InChI is InChI=1S/C10H14N2OS/c13-10(5-8-14)12-7-4-9-3-1-2-6-11-9/h1-3,6,14H,4-5,7-8H2,(H,12,13). The normalized spacial score (nSPS) is 9.79. The molecule has 0 atom stereocenters. The summed E-state index contributed by atoms with van der Waals surface area (Å²) in [6, 6.07) is 5.77. The summed E-state index contributed by atoms with van der Waals surface area (Å²) in [5.74, 6) is 0.644. The molecule has 0 aromatic carbocycles. The summed E-state index contributed by atoms with van der Waals surface area (Å²) in [4.78, 5) is 15.2. The number of nitrogens with zero attached hydrogens (tertiary/aromatic N) is 1. The van der Waals surface area contributed by atoms with E-state index in [0.29, 0.717) is 18.7 Å². The van der Waals surface area contributed by atoms with Crippen LogP contribution in [0.2, 0.25) is 0 Å². The lowest BCUT2D eigenvalue weighted by molar-refractivity contribution is -0.120. The first-order chi connectivity index (χ1) is 6.83. The van der Waals surface area contributed by atoms with Gasteiger partial charge in [0.25, 0.3) is 0 Å². The lowest BCUT2D eigenvalue weighted by Gasteiger charge is -2.03. The van der Waals surface area contributed by atoms with Gasteiger partial charge in [0.15, 0.2) is 0 Å². The van der Waals surface area contributed by atoms with E-state index in [9.17, 15) is 4.79 Å². The highest BCUT2D eigenvalue weighted by atomic mass is 32.1. The molecule has 0 unspecified atom stereocenters. The molecule has 0 aliphatic carbocycles. The molecule has 1 amide bonds. The summed E-state index contributed by atoms with van der Waals surface area (Å²) in [6.07, 6.45) is 3.01. The number of carbonyl (C=O) groups is 1. The smallest absolute Gasteiger partial charge is 0.220 e. The zero-order valence-corrected chi connectivity index (χ0v) is 8.83. The van der Waals surface area contributed by atoms with E-state index in [1.807, 2.05) is 18.2 Å². The van der Waals surface area contributed by atoms with E-state index in [1.54, 1.807) is 6.20 Å². The van der Waals surface area contributed by atoms with Crippen LogP contribution in [0.15, 0.2) is 24.4 Å². The minimum atomic E-state index is 0.0518. The van der Waals surface area contributed by atoms with Gasteiger partial charge in [0.1, 0.15) is 0 Å². The predicted octanol–water partition coefficient (Wildman–Crippen LogP) is 1.06. The van der Waals surface area contributed by atoms with Gasteiger partial charge in [0.05, 0.1) is 0 Å². The topological polar surface area (TPSA) is 42.0 Å². The van der Waals surface area contributed by atoms with Gasteiger partial charge >= 0.3 is 0 Å². The number of thiol groups is 1. The second kappa shape index (κ2) is 6.43. The first kappa shape index (κ1) is 11.0. The van der Waals surface area contributed by atoms with E-state index in [0.717, 1.165) is 12.1 Å². The minimum absolute atomic E-state index is 0.0518. The van der Waals surface area contributed by atoms with E-state index in [2.05, 4.69) is 22.9 Å². The summed E-state index contributed by atoms with van der Waals surface area (Å²) in [7, 11) is 0. The van der Waals surface area contributed by atoms with Crippen LogP contribution in [0.4, 0.5) is 0 Å². The fourth-order valence-electron chi connectivity index (χ4n) is 1.07. The molecule has 0 aliphatic heterocycles. The van der Waals surface area contributed by atoms with Crippen molar-refractivity contribution in [2.45, 2.75) is 12.8 Å². The molecule has 0 fully saturated rings. The quantitative estimate of drug-likeness (QED) is 0.714. The van der Waals surface area contributed by atoms with Crippen molar-refractivity contribution in [3.05, 3.63) is 30.1 Å². The van der Waals surface area contributed by atoms with Gasteiger partial charge in [-0.1, -0.05) is 6.07 Å². The Morgan fingerprint density at radius 3 is 3.00 bits per heavy atom. The first-order valence-corrected chi connectivity index (χ1v) is 5.23. The third-order valence-corrected chi connectivity index (χ3v) is 1.99. The van der Waals surface area contributed by atoms with Crippen LogP contribution >= 0.6 is 12.6 Å². The summed E-state index contributed by atoms with van der Waals surface area (Å²) in [6.45, 7) is 0.642. The highest BCUT2D eigenvalue weighted by molar-refractivity contribution is 7.80. The van der Waals surface area contributed by atoms with E-state index in [-0.39, 0.29) is 5.91 Å². The lowest BCUT2D eigenvalue weighted by atomic mass is 10.2. The fraction of sp³-hybridized carbons (Fsp3) is 0.400. The van der Waals surface area contributed by atoms with Crippen LogP contribution in [0.3, 0.4) is 0 Å². The molecule has 1 N–H and O–H groups in total. The molecule has 3 nitrogen and oxygen atoms in total. The SMILES string of the molecule is O=C(CCS)NCCc1ccccn1. The minimum Gasteiger partial charge on any atom is -0.356 e. The summed E-state index contributed by atoms with van der Waals surface area (Å²) in [5, 5.41) is 2.80. The Bertz CT molecular complexity index is 277. The molecule has 76 valence electrons. The van der Waals surface area contributed by atoms with E-state index in [1.165, 1.54) is 0 Å². The zero-order valence-electron chi connectivity index (χ0n) is 7.94. The molecule has 1 aromatic rings. The van der Waals surface area contributed by atoms with Crippen molar-refractivity contribution in [2.24, 2.45) is 0 Å². The fourth-order valence-corrected chi connectivity index (χ4v) is 1.27. The maximum absolute atomic E-state index is 11.1. The molecule has 0 aliphatic rings. The molecule has 4 heteroatoms. The maximum atomic E-state index is 11.1. The second-order valence-electron chi connectivity index (χ2n) is 2.89. The number of aromatic nitrogens is 1. The Morgan fingerprint density at radius 1 is 1.50 bits per heavy atom. The van der Waals surface area contributed by atoms with Crippen LogP contribution in [0.25, 0.3) is 0 Å². The number of hydrogen-bond donors (Lipinski definition) is 2. The van der Waals surface area contributed by atoms with Gasteiger partial charge in [0, 0.05) is 31.3 Å².